The molecule has 0 aromatic carbocycles. The Morgan fingerprint density at radius 3 is 0.859 bits per heavy atom. The number of carbonyl (C=O) groups is 4. The Labute approximate surface area is 366 Å². The molecule has 4 rings (SSSR count). The van der Waals surface area contributed by atoms with E-state index in [1.54, 1.807) is 0 Å². The maximum atomic E-state index is 12.9. The highest BCUT2D eigenvalue weighted by Crippen LogP contribution is 2.13. The van der Waals surface area contributed by atoms with Crippen molar-refractivity contribution in [1.82, 2.24) is 54.2 Å². The van der Waals surface area contributed by atoms with Crippen LogP contribution in [0.2, 0.25) is 0 Å². The lowest BCUT2D eigenvalue weighted by molar-refractivity contribution is 0.0929. The number of aromatic hydroxyl groups is 4. The molecule has 0 saturated carbocycles. The second-order valence-corrected chi connectivity index (χ2v) is 15.0. The monoisotopic (exact) mass is 893 g/mol. The lowest BCUT2D eigenvalue weighted by Crippen LogP contribution is -2.45. The minimum atomic E-state index is -0.732. The zero-order valence-corrected chi connectivity index (χ0v) is 36.3. The SMILES string of the molecule is CN(CCN(CCNC(=O)c1ccn(C)c(=O)c1O)CCNC(=O)c1ccn(C)c(=O)c1O)CCN(CCNC(=O)c1ccn(C)c(=O)c1O)CCNC(=O)c1ccn(C)c(=O)c1O. The van der Waals surface area contributed by atoms with Gasteiger partial charge < -0.3 is 64.9 Å². The van der Waals surface area contributed by atoms with Gasteiger partial charge >= 0.3 is 0 Å². The largest absolute Gasteiger partial charge is 0.502 e. The van der Waals surface area contributed by atoms with Crippen molar-refractivity contribution in [3.05, 3.63) is 113 Å². The summed E-state index contributed by atoms with van der Waals surface area (Å²) in [5, 5.41) is 51.7. The highest BCUT2D eigenvalue weighted by Gasteiger charge is 2.20. The van der Waals surface area contributed by atoms with Gasteiger partial charge in [-0.1, -0.05) is 0 Å². The summed E-state index contributed by atoms with van der Waals surface area (Å²) in [6.45, 7) is 3.25. The van der Waals surface area contributed by atoms with E-state index in [2.05, 4.69) is 21.3 Å². The lowest BCUT2D eigenvalue weighted by Gasteiger charge is -2.28. The molecule has 0 aliphatic heterocycles. The third-order valence-corrected chi connectivity index (χ3v) is 10.4. The van der Waals surface area contributed by atoms with Crippen LogP contribution in [0.25, 0.3) is 0 Å². The zero-order chi connectivity index (χ0) is 47.2. The van der Waals surface area contributed by atoms with Crippen molar-refractivity contribution in [2.24, 2.45) is 28.2 Å². The molecular formula is C41H55N11O12. The minimum absolute atomic E-state index is 0.0938. The molecule has 4 aromatic heterocycles. The van der Waals surface area contributed by atoms with E-state index in [9.17, 15) is 58.8 Å². The number of nitrogens with zero attached hydrogens (tertiary/aromatic N) is 7. The Morgan fingerprint density at radius 1 is 0.422 bits per heavy atom. The van der Waals surface area contributed by atoms with Gasteiger partial charge in [-0.15, -0.1) is 0 Å². The topological polar surface area (TPSA) is 295 Å². The van der Waals surface area contributed by atoms with Crippen LogP contribution < -0.4 is 43.5 Å². The highest BCUT2D eigenvalue weighted by molar-refractivity contribution is 5.98. The first-order chi connectivity index (χ1) is 30.3. The average molecular weight is 894 g/mol. The van der Waals surface area contributed by atoms with Gasteiger partial charge in [0.25, 0.3) is 45.9 Å². The van der Waals surface area contributed by atoms with Crippen LogP contribution in [0.1, 0.15) is 41.4 Å². The summed E-state index contributed by atoms with van der Waals surface area (Å²) in [5.41, 5.74) is -3.68. The van der Waals surface area contributed by atoms with E-state index in [1.165, 1.54) is 77.2 Å². The number of hydrogen-bond acceptors (Lipinski definition) is 15. The van der Waals surface area contributed by atoms with Gasteiger partial charge in [-0.3, -0.25) is 48.2 Å². The van der Waals surface area contributed by atoms with Crippen LogP contribution in [0.4, 0.5) is 0 Å². The smallest absolute Gasteiger partial charge is 0.293 e. The summed E-state index contributed by atoms with van der Waals surface area (Å²) in [4.78, 5) is 106. The normalized spacial score (nSPS) is 11.2. The number of aromatic nitrogens is 4. The van der Waals surface area contributed by atoms with E-state index in [4.69, 9.17) is 0 Å². The van der Waals surface area contributed by atoms with Crippen molar-refractivity contribution in [2.75, 3.05) is 85.6 Å². The highest BCUT2D eigenvalue weighted by atomic mass is 16.3. The second-order valence-electron chi connectivity index (χ2n) is 15.0. The summed E-state index contributed by atoms with van der Waals surface area (Å²) in [5.74, 6) is -5.41. The number of amides is 4. The Balaban J connectivity index is 1.39. The molecule has 0 unspecified atom stereocenters. The molecule has 346 valence electrons. The van der Waals surface area contributed by atoms with Gasteiger partial charge in [0, 0.05) is 132 Å². The fraction of sp³-hybridized carbons (Fsp3) is 0.415. The zero-order valence-electron chi connectivity index (χ0n) is 36.3. The molecule has 0 radical (unpaired) electrons. The lowest BCUT2D eigenvalue weighted by atomic mass is 10.2. The predicted molar refractivity (Wildman–Crippen MR) is 233 cm³/mol. The third kappa shape index (κ3) is 12.9. The van der Waals surface area contributed by atoms with E-state index in [0.29, 0.717) is 26.2 Å². The van der Waals surface area contributed by atoms with E-state index in [0.717, 1.165) is 18.3 Å². The van der Waals surface area contributed by atoms with Gasteiger partial charge in [-0.2, -0.15) is 0 Å². The van der Waals surface area contributed by atoms with Crippen LogP contribution in [-0.4, -0.2) is 163 Å². The van der Waals surface area contributed by atoms with E-state index >= 15 is 0 Å². The Morgan fingerprint density at radius 2 is 0.641 bits per heavy atom. The molecule has 64 heavy (non-hydrogen) atoms. The molecule has 0 spiro atoms. The summed E-state index contributed by atoms with van der Waals surface area (Å²) >= 11 is 0. The number of rotatable bonds is 22. The number of likely N-dealkylation sites (N-methyl/N-ethyl adjacent to an activating group) is 1. The first kappa shape index (κ1) is 49.4. The van der Waals surface area contributed by atoms with Crippen LogP contribution in [0.3, 0.4) is 0 Å². The van der Waals surface area contributed by atoms with Crippen LogP contribution in [0.5, 0.6) is 23.0 Å². The average Bonchev–Trinajstić information content (AvgIpc) is 3.26. The molecule has 4 aromatic rings. The molecule has 0 fully saturated rings. The van der Waals surface area contributed by atoms with E-state index in [1.807, 2.05) is 21.7 Å². The summed E-state index contributed by atoms with van der Waals surface area (Å²) in [7, 11) is 7.60. The molecule has 0 bridgehead atoms. The number of carbonyl (C=O) groups excluding carboxylic acids is 4. The van der Waals surface area contributed by atoms with Gasteiger partial charge in [0.1, 0.15) is 0 Å². The number of hydrogen-bond donors (Lipinski definition) is 8. The Kier molecular flexibility index (Phi) is 17.6. The van der Waals surface area contributed by atoms with Gasteiger partial charge in [0.2, 0.25) is 0 Å². The molecule has 0 atom stereocenters. The molecule has 4 heterocycles. The molecule has 0 aliphatic rings. The van der Waals surface area contributed by atoms with Crippen molar-refractivity contribution >= 4 is 23.6 Å². The van der Waals surface area contributed by atoms with Crippen LogP contribution in [-0.2, 0) is 28.2 Å². The van der Waals surface area contributed by atoms with Gasteiger partial charge in [0.15, 0.2) is 23.0 Å². The molecular weight excluding hydrogens is 839 g/mol. The number of pyridine rings is 4. The van der Waals surface area contributed by atoms with Crippen molar-refractivity contribution < 1.29 is 39.6 Å². The first-order valence-electron chi connectivity index (χ1n) is 20.1. The molecule has 0 aliphatic carbocycles. The van der Waals surface area contributed by atoms with E-state index in [-0.39, 0.29) is 74.6 Å². The quantitative estimate of drug-likeness (QED) is 0.0387. The van der Waals surface area contributed by atoms with Crippen molar-refractivity contribution in [3.63, 3.8) is 0 Å². The van der Waals surface area contributed by atoms with Crippen LogP contribution in [0.15, 0.2) is 68.2 Å². The molecule has 4 amide bonds. The summed E-state index contributed by atoms with van der Waals surface area (Å²) < 4.78 is 4.53. The standard InChI is InChI=1S/C41H55N11O12/c1-46(22-24-51(18-10-42-34(57)26-6-14-47(2)38(61)30(26)53)19-11-43-35(58)27-7-15-48(3)39(62)31(27)54)23-25-52(20-12-44-36(59)28-8-16-49(4)40(63)32(28)55)21-13-45-37(60)29-9-17-50(5)41(64)33(29)56/h6-9,14-17,53-56H,10-13,18-25H2,1-5H3,(H,42,57)(H,43,58)(H,44,59)(H,45,60). The third-order valence-electron chi connectivity index (χ3n) is 10.4. The Hall–Kier alpha value is -7.24. The fourth-order valence-corrected chi connectivity index (χ4v) is 6.29. The van der Waals surface area contributed by atoms with Gasteiger partial charge in [0.05, 0.1) is 22.3 Å². The molecule has 23 nitrogen and oxygen atoms in total. The number of nitrogens with one attached hydrogen (secondary N) is 4. The maximum absolute atomic E-state index is 12.9. The van der Waals surface area contributed by atoms with Crippen molar-refractivity contribution in [3.8, 4) is 23.0 Å². The van der Waals surface area contributed by atoms with Crippen LogP contribution >= 0.6 is 0 Å². The van der Waals surface area contributed by atoms with Gasteiger partial charge in [-0.05, 0) is 31.3 Å². The summed E-state index contributed by atoms with van der Waals surface area (Å²) in [6, 6.07) is 5.28. The second kappa shape index (κ2) is 22.7. The van der Waals surface area contributed by atoms with Gasteiger partial charge in [-0.25, -0.2) is 0 Å². The predicted octanol–water partition coefficient (Wildman–Crippen LogP) is -3.14. The maximum Gasteiger partial charge on any atom is 0.293 e. The van der Waals surface area contributed by atoms with Crippen molar-refractivity contribution in [2.45, 2.75) is 0 Å². The molecule has 8 N–H and O–H groups in total. The minimum Gasteiger partial charge on any atom is -0.502 e. The fourth-order valence-electron chi connectivity index (χ4n) is 6.29. The Bertz CT molecular complexity index is 2240. The van der Waals surface area contributed by atoms with Crippen LogP contribution in [0, 0.1) is 0 Å². The molecule has 0 saturated heterocycles. The first-order valence-corrected chi connectivity index (χ1v) is 20.1. The van der Waals surface area contributed by atoms with Crippen molar-refractivity contribution in [1.29, 1.82) is 0 Å². The van der Waals surface area contributed by atoms with E-state index < -0.39 is 68.9 Å². The molecule has 23 heteroatoms. The number of aryl methyl sites for hydroxylation is 4. The summed E-state index contributed by atoms with van der Waals surface area (Å²) in [6.07, 6.45) is 5.43.